The van der Waals surface area contributed by atoms with Crippen molar-refractivity contribution in [3.63, 3.8) is 0 Å². The van der Waals surface area contributed by atoms with Crippen molar-refractivity contribution in [1.29, 1.82) is 0 Å². The summed E-state index contributed by atoms with van der Waals surface area (Å²) in [5.41, 5.74) is 7.94. The summed E-state index contributed by atoms with van der Waals surface area (Å²) in [6.45, 7) is 6.40. The zero-order valence-corrected chi connectivity index (χ0v) is 11.8. The molecule has 0 saturated carbocycles. The van der Waals surface area contributed by atoms with E-state index in [1.807, 2.05) is 23.5 Å². The molecule has 2 nitrogen and oxygen atoms in total. The summed E-state index contributed by atoms with van der Waals surface area (Å²) in [6.07, 6.45) is 0. The Balaban J connectivity index is 1.87. The van der Waals surface area contributed by atoms with Crippen LogP contribution in [-0.4, -0.2) is 6.54 Å². The number of nitrogens with two attached hydrogens (primary N) is 1. The maximum atomic E-state index is 5.67. The standard InChI is InChI=1S/C15H20N2S/c1-15(2,14-4-3-9-18-14)11-17-10-12-5-7-13(16)8-6-12/h3-9,17H,10-11,16H2,1-2H3. The molecule has 0 aliphatic rings. The number of anilines is 1. The summed E-state index contributed by atoms with van der Waals surface area (Å²) in [5.74, 6) is 0. The summed E-state index contributed by atoms with van der Waals surface area (Å²) < 4.78 is 0. The van der Waals surface area contributed by atoms with E-state index in [0.717, 1.165) is 18.8 Å². The highest BCUT2D eigenvalue weighted by atomic mass is 32.1. The molecule has 1 heterocycles. The van der Waals surface area contributed by atoms with E-state index >= 15 is 0 Å². The highest BCUT2D eigenvalue weighted by molar-refractivity contribution is 7.10. The average molecular weight is 260 g/mol. The van der Waals surface area contributed by atoms with Gasteiger partial charge in [0.05, 0.1) is 0 Å². The molecule has 0 radical (unpaired) electrons. The van der Waals surface area contributed by atoms with Gasteiger partial charge < -0.3 is 11.1 Å². The van der Waals surface area contributed by atoms with Gasteiger partial charge in [-0.2, -0.15) is 0 Å². The fraction of sp³-hybridized carbons (Fsp3) is 0.333. The lowest BCUT2D eigenvalue weighted by Gasteiger charge is -2.23. The molecule has 1 aromatic carbocycles. The first-order valence-corrected chi connectivity index (χ1v) is 7.05. The van der Waals surface area contributed by atoms with Crippen LogP contribution >= 0.6 is 11.3 Å². The van der Waals surface area contributed by atoms with E-state index in [4.69, 9.17) is 5.73 Å². The first kappa shape index (κ1) is 13.1. The van der Waals surface area contributed by atoms with Crippen LogP contribution in [-0.2, 0) is 12.0 Å². The van der Waals surface area contributed by atoms with Crippen molar-refractivity contribution in [3.05, 3.63) is 52.2 Å². The SMILES string of the molecule is CC(C)(CNCc1ccc(N)cc1)c1cccs1. The molecule has 96 valence electrons. The summed E-state index contributed by atoms with van der Waals surface area (Å²) in [7, 11) is 0. The van der Waals surface area contributed by atoms with Crippen LogP contribution in [0.2, 0.25) is 0 Å². The van der Waals surface area contributed by atoms with Crippen molar-refractivity contribution in [2.75, 3.05) is 12.3 Å². The Morgan fingerprint density at radius 3 is 2.50 bits per heavy atom. The highest BCUT2D eigenvalue weighted by Gasteiger charge is 2.20. The lowest BCUT2D eigenvalue weighted by atomic mass is 9.91. The quantitative estimate of drug-likeness (QED) is 0.809. The van der Waals surface area contributed by atoms with Gasteiger partial charge in [0.1, 0.15) is 0 Å². The van der Waals surface area contributed by atoms with Gasteiger partial charge in [-0.05, 0) is 29.1 Å². The maximum Gasteiger partial charge on any atom is 0.0314 e. The van der Waals surface area contributed by atoms with Crippen LogP contribution in [0.1, 0.15) is 24.3 Å². The molecule has 0 aliphatic carbocycles. The topological polar surface area (TPSA) is 38.0 Å². The third kappa shape index (κ3) is 3.34. The highest BCUT2D eigenvalue weighted by Crippen LogP contribution is 2.26. The second kappa shape index (κ2) is 5.55. The Hall–Kier alpha value is -1.32. The lowest BCUT2D eigenvalue weighted by molar-refractivity contribution is 0.477. The molecule has 0 atom stereocenters. The molecule has 1 aromatic heterocycles. The van der Waals surface area contributed by atoms with Crippen molar-refractivity contribution in [1.82, 2.24) is 5.32 Å². The maximum absolute atomic E-state index is 5.67. The molecular weight excluding hydrogens is 240 g/mol. The first-order chi connectivity index (χ1) is 8.58. The van der Waals surface area contributed by atoms with Gasteiger partial charge in [0.15, 0.2) is 0 Å². The van der Waals surface area contributed by atoms with Crippen LogP contribution in [0.25, 0.3) is 0 Å². The van der Waals surface area contributed by atoms with E-state index in [1.165, 1.54) is 10.4 Å². The summed E-state index contributed by atoms with van der Waals surface area (Å²) >= 11 is 1.82. The number of hydrogen-bond donors (Lipinski definition) is 2. The minimum atomic E-state index is 0.183. The fourth-order valence-corrected chi connectivity index (χ4v) is 2.76. The van der Waals surface area contributed by atoms with E-state index in [0.29, 0.717) is 0 Å². The van der Waals surface area contributed by atoms with Gasteiger partial charge in [0.2, 0.25) is 0 Å². The molecule has 0 spiro atoms. The number of rotatable bonds is 5. The monoisotopic (exact) mass is 260 g/mol. The van der Waals surface area contributed by atoms with E-state index in [-0.39, 0.29) is 5.41 Å². The van der Waals surface area contributed by atoms with Gasteiger partial charge >= 0.3 is 0 Å². The van der Waals surface area contributed by atoms with Crippen LogP contribution in [0.15, 0.2) is 41.8 Å². The van der Waals surface area contributed by atoms with Gasteiger partial charge in [0, 0.05) is 29.1 Å². The number of thiophene rings is 1. The van der Waals surface area contributed by atoms with Crippen LogP contribution < -0.4 is 11.1 Å². The van der Waals surface area contributed by atoms with Crippen molar-refractivity contribution in [3.8, 4) is 0 Å². The Kier molecular flexibility index (Phi) is 4.04. The Morgan fingerprint density at radius 1 is 1.17 bits per heavy atom. The molecule has 0 amide bonds. The van der Waals surface area contributed by atoms with Gasteiger partial charge in [-0.15, -0.1) is 11.3 Å². The second-order valence-corrected chi connectivity index (χ2v) is 6.15. The number of nitrogens with one attached hydrogen (secondary N) is 1. The Labute approximate surface area is 113 Å². The lowest BCUT2D eigenvalue weighted by Crippen LogP contribution is -2.31. The predicted octanol–water partition coefficient (Wildman–Crippen LogP) is 3.40. The average Bonchev–Trinajstić information content (AvgIpc) is 2.86. The number of benzene rings is 1. The Bertz CT molecular complexity index is 472. The minimum Gasteiger partial charge on any atom is -0.399 e. The predicted molar refractivity (Wildman–Crippen MR) is 79.9 cm³/mol. The zero-order valence-electron chi connectivity index (χ0n) is 10.9. The molecule has 0 unspecified atom stereocenters. The fourth-order valence-electron chi connectivity index (χ4n) is 1.91. The van der Waals surface area contributed by atoms with Crippen molar-refractivity contribution in [2.45, 2.75) is 25.8 Å². The first-order valence-electron chi connectivity index (χ1n) is 6.17. The molecule has 2 aromatic rings. The van der Waals surface area contributed by atoms with E-state index in [1.54, 1.807) is 0 Å². The van der Waals surface area contributed by atoms with Crippen LogP contribution in [0.5, 0.6) is 0 Å². The molecule has 0 saturated heterocycles. The van der Waals surface area contributed by atoms with E-state index in [2.05, 4.69) is 48.8 Å². The molecule has 0 aliphatic heterocycles. The molecule has 0 bridgehead atoms. The van der Waals surface area contributed by atoms with Gasteiger partial charge in [-0.3, -0.25) is 0 Å². The smallest absolute Gasteiger partial charge is 0.0314 e. The van der Waals surface area contributed by atoms with Crippen molar-refractivity contribution in [2.24, 2.45) is 0 Å². The van der Waals surface area contributed by atoms with E-state index < -0.39 is 0 Å². The summed E-state index contributed by atoms with van der Waals surface area (Å²) in [4.78, 5) is 1.42. The van der Waals surface area contributed by atoms with Crippen LogP contribution in [0, 0.1) is 0 Å². The van der Waals surface area contributed by atoms with Crippen molar-refractivity contribution >= 4 is 17.0 Å². The van der Waals surface area contributed by atoms with Gasteiger partial charge in [-0.1, -0.05) is 32.0 Å². The normalized spacial score (nSPS) is 11.7. The zero-order chi connectivity index (χ0) is 13.0. The minimum absolute atomic E-state index is 0.183. The van der Waals surface area contributed by atoms with Crippen molar-refractivity contribution < 1.29 is 0 Å². The summed E-state index contributed by atoms with van der Waals surface area (Å²) in [5, 5.41) is 5.65. The number of nitrogen functional groups attached to an aromatic ring is 1. The number of hydrogen-bond acceptors (Lipinski definition) is 3. The third-order valence-electron chi connectivity index (χ3n) is 3.06. The summed E-state index contributed by atoms with van der Waals surface area (Å²) in [6, 6.07) is 12.3. The van der Waals surface area contributed by atoms with Gasteiger partial charge in [0.25, 0.3) is 0 Å². The van der Waals surface area contributed by atoms with Crippen LogP contribution in [0.4, 0.5) is 5.69 Å². The molecule has 2 rings (SSSR count). The Morgan fingerprint density at radius 2 is 1.89 bits per heavy atom. The largest absolute Gasteiger partial charge is 0.399 e. The molecule has 3 N–H and O–H groups in total. The molecular formula is C15H20N2S. The molecule has 18 heavy (non-hydrogen) atoms. The molecule has 3 heteroatoms. The molecule has 0 fully saturated rings. The second-order valence-electron chi connectivity index (χ2n) is 5.21. The van der Waals surface area contributed by atoms with E-state index in [9.17, 15) is 0 Å². The van der Waals surface area contributed by atoms with Gasteiger partial charge in [-0.25, -0.2) is 0 Å². The van der Waals surface area contributed by atoms with Crippen LogP contribution in [0.3, 0.4) is 0 Å². The third-order valence-corrected chi connectivity index (χ3v) is 4.30.